The van der Waals surface area contributed by atoms with Crippen LogP contribution in [0, 0.1) is 0 Å². The molecule has 1 atom stereocenters. The van der Waals surface area contributed by atoms with Crippen molar-refractivity contribution in [2.24, 2.45) is 0 Å². The third-order valence-electron chi connectivity index (χ3n) is 1.86. The van der Waals surface area contributed by atoms with Crippen LogP contribution in [0.4, 0.5) is 0 Å². The van der Waals surface area contributed by atoms with Gasteiger partial charge in [0, 0.05) is 0 Å². The molecule has 0 spiro atoms. The topological polar surface area (TPSA) is 21.7 Å². The molecule has 0 N–H and O–H groups in total. The van der Waals surface area contributed by atoms with Gasteiger partial charge in [-0.1, -0.05) is 0 Å². The van der Waals surface area contributed by atoms with E-state index in [0.717, 1.165) is 13.2 Å². The quantitative estimate of drug-likeness (QED) is 0.558. The third-order valence-corrected chi connectivity index (χ3v) is 1.86. The first-order chi connectivity index (χ1) is 4.72. The molecule has 0 aromatic rings. The van der Waals surface area contributed by atoms with Crippen LogP contribution in [0.5, 0.6) is 0 Å². The Morgan fingerprint density at radius 2 is 1.80 bits per heavy atom. The van der Waals surface area contributed by atoms with Crippen molar-refractivity contribution in [2.75, 3.05) is 27.3 Å². The third kappa shape index (κ3) is 1.68. The summed E-state index contributed by atoms with van der Waals surface area (Å²) in [6.45, 7) is 3.57. The van der Waals surface area contributed by atoms with E-state index < -0.39 is 0 Å². The van der Waals surface area contributed by atoms with Crippen molar-refractivity contribution in [1.82, 2.24) is 4.90 Å². The molecule has 0 aromatic heterocycles. The fourth-order valence-electron chi connectivity index (χ4n) is 0.899. The molecule has 0 radical (unpaired) electrons. The standard InChI is InChI=1S/C7H15NO2/c1-6(8(2)3)7-9-4-5-10-7/h6-7H,4-5H2,1-3H3. The van der Waals surface area contributed by atoms with Crippen LogP contribution in [0.25, 0.3) is 0 Å². The van der Waals surface area contributed by atoms with Crippen molar-refractivity contribution in [1.29, 1.82) is 0 Å². The lowest BCUT2D eigenvalue weighted by atomic mass is 10.3. The van der Waals surface area contributed by atoms with Crippen LogP contribution in [0.3, 0.4) is 0 Å². The zero-order valence-corrected chi connectivity index (χ0v) is 6.83. The van der Waals surface area contributed by atoms with Crippen LogP contribution in [0.2, 0.25) is 0 Å². The molecule has 1 rings (SSSR count). The molecule has 0 saturated carbocycles. The van der Waals surface area contributed by atoms with Crippen molar-refractivity contribution < 1.29 is 9.47 Å². The van der Waals surface area contributed by atoms with Crippen molar-refractivity contribution in [3.05, 3.63) is 0 Å². The predicted octanol–water partition coefficient (Wildman–Crippen LogP) is 0.309. The largest absolute Gasteiger partial charge is 0.349 e. The van der Waals surface area contributed by atoms with Crippen molar-refractivity contribution in [3.63, 3.8) is 0 Å². The summed E-state index contributed by atoms with van der Waals surface area (Å²) in [7, 11) is 4.05. The van der Waals surface area contributed by atoms with Gasteiger partial charge in [0.15, 0.2) is 6.29 Å². The molecule has 1 unspecified atom stereocenters. The van der Waals surface area contributed by atoms with E-state index in [1.165, 1.54) is 0 Å². The van der Waals surface area contributed by atoms with Crippen molar-refractivity contribution in [2.45, 2.75) is 19.3 Å². The molecule has 10 heavy (non-hydrogen) atoms. The molecule has 1 saturated heterocycles. The Morgan fingerprint density at radius 3 is 2.20 bits per heavy atom. The van der Waals surface area contributed by atoms with Gasteiger partial charge in [-0.05, 0) is 21.0 Å². The Morgan fingerprint density at radius 1 is 1.30 bits per heavy atom. The van der Waals surface area contributed by atoms with E-state index in [4.69, 9.17) is 9.47 Å². The zero-order chi connectivity index (χ0) is 7.56. The minimum Gasteiger partial charge on any atom is -0.349 e. The number of hydrogen-bond acceptors (Lipinski definition) is 3. The highest BCUT2D eigenvalue weighted by Gasteiger charge is 2.24. The second-order valence-corrected chi connectivity index (χ2v) is 2.81. The normalized spacial score (nSPS) is 24.0. The van der Waals surface area contributed by atoms with Gasteiger partial charge in [-0.2, -0.15) is 0 Å². The van der Waals surface area contributed by atoms with E-state index in [2.05, 4.69) is 11.8 Å². The Kier molecular flexibility index (Phi) is 2.65. The minimum absolute atomic E-state index is 0.0185. The van der Waals surface area contributed by atoms with Crippen molar-refractivity contribution in [3.8, 4) is 0 Å². The van der Waals surface area contributed by atoms with E-state index in [1.807, 2.05) is 14.1 Å². The first-order valence-electron chi connectivity index (χ1n) is 3.61. The minimum atomic E-state index is -0.0185. The van der Waals surface area contributed by atoms with E-state index in [9.17, 15) is 0 Å². The van der Waals surface area contributed by atoms with Crippen LogP contribution in [-0.2, 0) is 9.47 Å². The number of hydrogen-bond donors (Lipinski definition) is 0. The number of likely N-dealkylation sites (N-methyl/N-ethyl adjacent to an activating group) is 1. The van der Waals surface area contributed by atoms with Crippen LogP contribution in [0.15, 0.2) is 0 Å². The van der Waals surface area contributed by atoms with Crippen LogP contribution in [-0.4, -0.2) is 44.5 Å². The maximum absolute atomic E-state index is 5.31. The molecule has 3 heteroatoms. The molecule has 1 aliphatic rings. The summed E-state index contributed by atoms with van der Waals surface area (Å²) in [6, 6.07) is 0.350. The SMILES string of the molecule is CC(C1OCCO1)N(C)C. The predicted molar refractivity (Wildman–Crippen MR) is 38.8 cm³/mol. The Balaban J connectivity index is 2.32. The Bertz CT molecular complexity index is 99.8. The van der Waals surface area contributed by atoms with Gasteiger partial charge < -0.3 is 14.4 Å². The van der Waals surface area contributed by atoms with Gasteiger partial charge >= 0.3 is 0 Å². The molecule has 1 fully saturated rings. The van der Waals surface area contributed by atoms with Crippen molar-refractivity contribution >= 4 is 0 Å². The van der Waals surface area contributed by atoms with Gasteiger partial charge in [0.25, 0.3) is 0 Å². The monoisotopic (exact) mass is 145 g/mol. The summed E-state index contributed by atoms with van der Waals surface area (Å²) < 4.78 is 10.6. The summed E-state index contributed by atoms with van der Waals surface area (Å²) in [4.78, 5) is 2.09. The molecule has 1 aliphatic heterocycles. The van der Waals surface area contributed by atoms with Gasteiger partial charge in [0.1, 0.15) is 0 Å². The number of ether oxygens (including phenoxy) is 2. The Hall–Kier alpha value is -0.120. The second kappa shape index (κ2) is 3.32. The first-order valence-corrected chi connectivity index (χ1v) is 3.61. The van der Waals surface area contributed by atoms with E-state index in [0.29, 0.717) is 6.04 Å². The average molecular weight is 145 g/mol. The van der Waals surface area contributed by atoms with Gasteiger partial charge in [-0.25, -0.2) is 0 Å². The summed E-state index contributed by atoms with van der Waals surface area (Å²) in [5.41, 5.74) is 0. The van der Waals surface area contributed by atoms with Gasteiger partial charge in [0.2, 0.25) is 0 Å². The first kappa shape index (κ1) is 7.98. The van der Waals surface area contributed by atoms with Gasteiger partial charge in [0.05, 0.1) is 19.3 Å². The van der Waals surface area contributed by atoms with E-state index in [-0.39, 0.29) is 6.29 Å². The highest BCUT2D eigenvalue weighted by atomic mass is 16.7. The van der Waals surface area contributed by atoms with Crippen LogP contribution >= 0.6 is 0 Å². The lowest BCUT2D eigenvalue weighted by Gasteiger charge is -2.24. The molecule has 0 bridgehead atoms. The maximum atomic E-state index is 5.31. The van der Waals surface area contributed by atoms with E-state index >= 15 is 0 Å². The molecule has 60 valence electrons. The lowest BCUT2D eigenvalue weighted by Crippen LogP contribution is -2.36. The molecule has 0 aromatic carbocycles. The molecule has 3 nitrogen and oxygen atoms in total. The number of rotatable bonds is 2. The zero-order valence-electron chi connectivity index (χ0n) is 6.83. The fourth-order valence-corrected chi connectivity index (χ4v) is 0.899. The smallest absolute Gasteiger partial charge is 0.172 e. The summed E-state index contributed by atoms with van der Waals surface area (Å²) in [6.07, 6.45) is -0.0185. The molecule has 0 aliphatic carbocycles. The number of nitrogens with zero attached hydrogens (tertiary/aromatic N) is 1. The molecule has 1 heterocycles. The summed E-state index contributed by atoms with van der Waals surface area (Å²) in [5, 5.41) is 0. The second-order valence-electron chi connectivity index (χ2n) is 2.81. The lowest BCUT2D eigenvalue weighted by molar-refractivity contribution is -0.0850. The van der Waals surface area contributed by atoms with Crippen LogP contribution in [0.1, 0.15) is 6.92 Å². The molecular formula is C7H15NO2. The fraction of sp³-hybridized carbons (Fsp3) is 1.00. The molecular weight excluding hydrogens is 130 g/mol. The maximum Gasteiger partial charge on any atom is 0.172 e. The van der Waals surface area contributed by atoms with E-state index in [1.54, 1.807) is 0 Å². The molecule has 0 amide bonds. The van der Waals surface area contributed by atoms with Gasteiger partial charge in [-0.3, -0.25) is 0 Å². The van der Waals surface area contributed by atoms with Crippen LogP contribution < -0.4 is 0 Å². The highest BCUT2D eigenvalue weighted by molar-refractivity contribution is 4.66. The van der Waals surface area contributed by atoms with Gasteiger partial charge in [-0.15, -0.1) is 0 Å². The average Bonchev–Trinajstić information content (AvgIpc) is 2.36. The highest BCUT2D eigenvalue weighted by Crippen LogP contribution is 2.10. The summed E-state index contributed by atoms with van der Waals surface area (Å²) in [5.74, 6) is 0. The summed E-state index contributed by atoms with van der Waals surface area (Å²) >= 11 is 0. The Labute approximate surface area is 61.9 Å².